The highest BCUT2D eigenvalue weighted by Gasteiger charge is 2.57. The van der Waals surface area contributed by atoms with Crippen molar-refractivity contribution in [3.05, 3.63) is 316 Å². The van der Waals surface area contributed by atoms with Crippen molar-refractivity contribution < 1.29 is 9.59 Å². The van der Waals surface area contributed by atoms with Gasteiger partial charge in [-0.05, 0) is 238 Å². The predicted molar refractivity (Wildman–Crippen MR) is 562 cm³/mol. The second-order valence-corrected chi connectivity index (χ2v) is 42.9. The first-order valence-electron chi connectivity index (χ1n) is 51.1. The number of hydrogen-bond donors (Lipinski definition) is 0. The van der Waals surface area contributed by atoms with Gasteiger partial charge >= 0.3 is 0 Å². The number of unbranched alkanes of at least 4 members (excludes halogenated alkanes) is 24. The fourth-order valence-electron chi connectivity index (χ4n) is 22.5. The lowest BCUT2D eigenvalue weighted by molar-refractivity contribution is -0.116. The van der Waals surface area contributed by atoms with E-state index in [9.17, 15) is 10.5 Å². The Morgan fingerprint density at radius 1 is 0.356 bits per heavy atom. The van der Waals surface area contributed by atoms with E-state index in [4.69, 9.17) is 13.1 Å². The summed E-state index contributed by atoms with van der Waals surface area (Å²) in [6.07, 6.45) is 53.1. The van der Waals surface area contributed by atoms with Gasteiger partial charge in [0.2, 0.25) is 0 Å². The largest absolute Gasteiger partial charge is 0.294 e. The topological polar surface area (TPSA) is 90.4 Å². The first kappa shape index (κ1) is 95.0. The Morgan fingerprint density at radius 3 is 0.985 bits per heavy atom. The summed E-state index contributed by atoms with van der Waals surface area (Å²) in [5.74, 6) is -1.25. The Morgan fingerprint density at radius 2 is 0.667 bits per heavy atom. The van der Waals surface area contributed by atoms with Crippen LogP contribution in [0.15, 0.2) is 174 Å². The van der Waals surface area contributed by atoms with Crippen LogP contribution in [0.3, 0.4) is 0 Å². The van der Waals surface area contributed by atoms with Gasteiger partial charge in [-0.3, -0.25) is 9.59 Å². The van der Waals surface area contributed by atoms with Gasteiger partial charge in [0.1, 0.15) is 0 Å². The van der Waals surface area contributed by atoms with E-state index in [-0.39, 0.29) is 23.0 Å². The summed E-state index contributed by atoms with van der Waals surface area (Å²) in [5.41, 5.74) is 22.4. The molecule has 0 bridgehead atoms. The van der Waals surface area contributed by atoms with E-state index in [1.165, 1.54) is 169 Å². The highest BCUT2D eigenvalue weighted by atomic mass is 32.1. The molecule has 132 heavy (non-hydrogen) atoms. The molecular weight excluding hydrogens is 1680 g/mol. The van der Waals surface area contributed by atoms with E-state index >= 15 is 9.59 Å². The van der Waals surface area contributed by atoms with Crippen LogP contribution in [0.4, 0.5) is 0 Å². The van der Waals surface area contributed by atoms with E-state index in [0.717, 1.165) is 236 Å². The number of Topliss-reactive ketones (excluding diaryl/α,β-unsaturated/α-hetero) is 2. The minimum atomic E-state index is -0.910. The molecule has 1 saturated carbocycles. The molecule has 1 fully saturated rings. The summed E-state index contributed by atoms with van der Waals surface area (Å²) in [4.78, 5) is 46.6. The van der Waals surface area contributed by atoms with Crippen molar-refractivity contribution in [2.24, 2.45) is 11.8 Å². The third kappa shape index (κ3) is 19.3. The maximum Gasteiger partial charge on any atom is 0.270 e. The molecule has 0 spiro atoms. The molecule has 16 rings (SSSR count). The molecule has 4 heterocycles. The van der Waals surface area contributed by atoms with Crippen LogP contribution in [0.25, 0.3) is 80.6 Å². The minimum Gasteiger partial charge on any atom is -0.294 e. The molecule has 2 unspecified atom stereocenters. The summed E-state index contributed by atoms with van der Waals surface area (Å²) in [6.45, 7) is 35.9. The van der Waals surface area contributed by atoms with Gasteiger partial charge in [-0.2, -0.15) is 0 Å². The highest BCUT2D eigenvalue weighted by molar-refractivity contribution is 7.32. The summed E-state index contributed by atoms with van der Waals surface area (Å²) in [5, 5.41) is 26.2. The Kier molecular flexibility index (Phi) is 31.9. The van der Waals surface area contributed by atoms with Crippen LogP contribution in [-0.2, 0) is 67.0 Å². The number of carbonyl (C=O) groups excluding carboxylic acids is 2. The Bertz CT molecular complexity index is 6260. The molecular formula is C122H134N4O2S4. The van der Waals surface area contributed by atoms with Crippen molar-refractivity contribution in [2.75, 3.05) is 0 Å². The van der Waals surface area contributed by atoms with Crippen molar-refractivity contribution in [3.8, 4) is 33.0 Å². The second-order valence-electron chi connectivity index (χ2n) is 38.7. The molecule has 11 aromatic rings. The summed E-state index contributed by atoms with van der Waals surface area (Å²) in [7, 11) is 0. The standard InChI is InChI=1S/C122H134N4O2S4/c1-11-19-27-35-47-81-59-82(48-36-28-20-12-2)64-93(63-81)121(94-65-83(49-37-29-21-13-3)60-84(66-94)50-38-30-22-14-4)111-115(105-77-97(129-119(105)121)75-103-109(107(79-123)125-9)99-71-89-55-43-45-57-91(89)73-101(99)113(103)127)131-118-112-116(132-117(111)118)106-78-98(76-104-110(108(80-124)126-10)100-72-90-56-44-46-58-92(90)74-102(100)114(104)128)130-120(106)122(112,95-67-85(51-39-31-23-15-5)61-86(68-95)52-40-32-24-16-6)96-69-87(53-41-33-25-17-7)62-88(70-96)54-42-34-26-18-8/h43-46,55-78,99,101H,11-42,47-54H2,1-8H3/b103-75-,104-76-,109-107?,110-108+. The average Bonchev–Trinajstić information content (AvgIpc) is 1.49. The average molecular weight is 1820 g/mol. The van der Waals surface area contributed by atoms with Crippen LogP contribution in [0.1, 0.15) is 374 Å². The molecule has 4 aromatic heterocycles. The molecule has 2 atom stereocenters. The van der Waals surface area contributed by atoms with Gasteiger partial charge in [0.05, 0.1) is 51.4 Å². The maximum absolute atomic E-state index is 15.9. The molecule has 5 aliphatic carbocycles. The monoisotopic (exact) mass is 1810 g/mol. The third-order valence-electron chi connectivity index (χ3n) is 29.1. The van der Waals surface area contributed by atoms with Crippen molar-refractivity contribution in [1.29, 1.82) is 10.5 Å². The van der Waals surface area contributed by atoms with Crippen LogP contribution >= 0.6 is 45.3 Å². The summed E-state index contributed by atoms with van der Waals surface area (Å²) < 4.78 is 2.62. The first-order chi connectivity index (χ1) is 64.7. The van der Waals surface area contributed by atoms with Gasteiger partial charge in [0.15, 0.2) is 11.6 Å². The van der Waals surface area contributed by atoms with Gasteiger partial charge in [-0.15, -0.1) is 45.3 Å². The zero-order valence-electron chi connectivity index (χ0n) is 79.8. The van der Waals surface area contributed by atoms with Crippen molar-refractivity contribution in [1.82, 2.24) is 0 Å². The molecule has 0 N–H and O–H groups in total. The number of carbonyl (C=O) groups is 2. The summed E-state index contributed by atoms with van der Waals surface area (Å²) in [6, 6.07) is 61.6. The Labute approximate surface area is 804 Å². The fourth-order valence-corrected chi connectivity index (χ4v) is 28.4. The molecule has 6 nitrogen and oxygen atoms in total. The lowest BCUT2D eigenvalue weighted by Gasteiger charge is -2.35. The van der Waals surface area contributed by atoms with Crippen LogP contribution in [0.2, 0.25) is 0 Å². The van der Waals surface area contributed by atoms with E-state index in [0.29, 0.717) is 33.4 Å². The number of fused-ring (bicyclic) bond motifs is 13. The second kappa shape index (κ2) is 44.4. The zero-order valence-corrected chi connectivity index (χ0v) is 83.1. The molecule has 5 aliphatic rings. The lowest BCUT2D eigenvalue weighted by atomic mass is 9.68. The zero-order chi connectivity index (χ0) is 91.8. The molecule has 0 aliphatic heterocycles. The molecule has 0 amide bonds. The Hall–Kier alpha value is -10.1. The maximum atomic E-state index is 15.9. The van der Waals surface area contributed by atoms with Gasteiger partial charge in [-0.1, -0.05) is 343 Å². The number of thiophene rings is 4. The van der Waals surface area contributed by atoms with Crippen LogP contribution in [-0.4, -0.2) is 11.6 Å². The number of hydrogen-bond acceptors (Lipinski definition) is 8. The van der Waals surface area contributed by atoms with Gasteiger partial charge in [0.25, 0.3) is 11.4 Å². The van der Waals surface area contributed by atoms with Gasteiger partial charge in [-0.25, -0.2) is 20.2 Å². The minimum absolute atomic E-state index is 0.0260. The first-order valence-corrected chi connectivity index (χ1v) is 54.3. The highest BCUT2D eigenvalue weighted by Crippen LogP contribution is 2.71. The number of allylic oxidation sites excluding steroid dienone is 6. The fraction of sp³-hybridized carbons (Fsp3) is 0.426. The van der Waals surface area contributed by atoms with Crippen LogP contribution in [0, 0.1) is 47.6 Å². The van der Waals surface area contributed by atoms with E-state index in [2.05, 4.69) is 205 Å². The quantitative estimate of drug-likeness (QED) is 0.0165. The molecule has 678 valence electrons. The van der Waals surface area contributed by atoms with Gasteiger partial charge < -0.3 is 0 Å². The third-order valence-corrected chi connectivity index (χ3v) is 34.2. The number of rotatable bonds is 46. The van der Waals surface area contributed by atoms with Crippen molar-refractivity contribution >= 4 is 107 Å². The van der Waals surface area contributed by atoms with Crippen LogP contribution in [0.5, 0.6) is 0 Å². The van der Waals surface area contributed by atoms with Crippen molar-refractivity contribution in [2.45, 2.75) is 323 Å². The van der Waals surface area contributed by atoms with E-state index in [1.54, 1.807) is 0 Å². The molecule has 0 radical (unpaired) electrons. The van der Waals surface area contributed by atoms with Gasteiger partial charge in [0, 0.05) is 79.7 Å². The van der Waals surface area contributed by atoms with E-state index in [1.807, 2.05) is 87.8 Å². The van der Waals surface area contributed by atoms with Crippen LogP contribution < -0.4 is 10.4 Å². The molecule has 7 aromatic carbocycles. The predicted octanol–water partition coefficient (Wildman–Crippen LogP) is 33.6. The number of nitriles is 2. The number of ketones is 2. The lowest BCUT2D eigenvalue weighted by Crippen LogP contribution is -2.32. The number of nitrogens with zero attached hydrogens (tertiary/aromatic N) is 4. The summed E-state index contributed by atoms with van der Waals surface area (Å²) >= 11 is 7.66. The SMILES string of the molecule is [C-]#[N+]C(C#N)=C1/C(=C/c2cc3c(s2)C(c2cc(CCCCCC)cc(CCCCCC)c2)(c2cc(CCCCCC)cc(CCCCCC)c2)c2c-3sc3c4c(sc23)-c2cc(/C=C3\C(=O)c5cc6ccccc6cc5\C3=C(\C#N)[N+]#[C-])sc2C4(c2cc(CCCCCC)cc(CCCCCC)c2)c2cc(CCCCCC)cc(CCCCCC)c2)C(=O)C2C=c3ccccc3=CC12. The molecule has 0 saturated heterocycles. The normalized spacial score (nSPS) is 16.6. The Balaban J connectivity index is 1.07. The number of benzene rings is 7. The van der Waals surface area contributed by atoms with E-state index < -0.39 is 22.7 Å². The smallest absolute Gasteiger partial charge is 0.270 e. The number of aryl methyl sites for hydroxylation is 8. The molecule has 10 heteroatoms. The van der Waals surface area contributed by atoms with Crippen molar-refractivity contribution in [3.63, 3.8) is 0 Å².